The molecule has 0 spiro atoms. The van der Waals surface area contributed by atoms with Gasteiger partial charge in [0.2, 0.25) is 0 Å². The maximum absolute atomic E-state index is 14.2. The molecule has 162 valence electrons. The molecule has 0 radical (unpaired) electrons. The minimum Gasteiger partial charge on any atom is -0.425 e. The molecule has 2 heterocycles. The zero-order chi connectivity index (χ0) is 22.8. The van der Waals surface area contributed by atoms with Crippen molar-refractivity contribution in [2.45, 2.75) is 19.3 Å². The first-order valence-electron chi connectivity index (χ1n) is 8.74. The van der Waals surface area contributed by atoms with Gasteiger partial charge in [-0.15, -0.1) is 13.2 Å². The summed E-state index contributed by atoms with van der Waals surface area (Å²) in [5.74, 6) is -3.05. The van der Waals surface area contributed by atoms with Gasteiger partial charge in [-0.25, -0.2) is 4.39 Å². The molecule has 3 aromatic rings. The SMILES string of the molecule is Cc1ccc(C(NC(=O)c2ccc(=O)n(O)c2)c2ccc(OC(F)(F)F)c(F)c2)nc1. The number of rotatable bonds is 5. The van der Waals surface area contributed by atoms with Crippen LogP contribution in [0, 0.1) is 12.7 Å². The molecule has 0 aliphatic rings. The van der Waals surface area contributed by atoms with Crippen molar-refractivity contribution in [2.24, 2.45) is 0 Å². The highest BCUT2D eigenvalue weighted by Crippen LogP contribution is 2.29. The van der Waals surface area contributed by atoms with E-state index >= 15 is 0 Å². The average Bonchev–Trinajstić information content (AvgIpc) is 2.69. The van der Waals surface area contributed by atoms with Gasteiger partial charge in [0, 0.05) is 12.3 Å². The van der Waals surface area contributed by atoms with E-state index in [0.29, 0.717) is 0 Å². The van der Waals surface area contributed by atoms with E-state index in [4.69, 9.17) is 0 Å². The standard InChI is InChI=1S/C20H15F4N3O4/c1-11-2-5-15(25-9-11)18(26-19(29)13-4-7-17(28)27(30)10-13)12-3-6-16(14(21)8-12)31-20(22,23)24/h2-10,18,30H,1H3,(H,26,29). The summed E-state index contributed by atoms with van der Waals surface area (Å²) in [7, 11) is 0. The van der Waals surface area contributed by atoms with E-state index in [0.717, 1.165) is 36.0 Å². The fourth-order valence-corrected chi connectivity index (χ4v) is 2.71. The number of nitrogens with one attached hydrogen (secondary N) is 1. The summed E-state index contributed by atoms with van der Waals surface area (Å²) in [4.78, 5) is 28.1. The molecule has 1 aromatic carbocycles. The van der Waals surface area contributed by atoms with E-state index in [1.807, 2.05) is 0 Å². The molecule has 0 aliphatic carbocycles. The van der Waals surface area contributed by atoms with Crippen molar-refractivity contribution >= 4 is 5.91 Å². The van der Waals surface area contributed by atoms with Crippen LogP contribution in [0.4, 0.5) is 17.6 Å². The molecule has 1 atom stereocenters. The second-order valence-electron chi connectivity index (χ2n) is 6.51. The second kappa shape index (κ2) is 8.46. The highest BCUT2D eigenvalue weighted by molar-refractivity contribution is 5.94. The topological polar surface area (TPSA) is 93.5 Å². The van der Waals surface area contributed by atoms with Crippen LogP contribution < -0.4 is 15.6 Å². The smallest absolute Gasteiger partial charge is 0.425 e. The molecule has 0 fully saturated rings. The normalized spacial score (nSPS) is 12.3. The molecule has 11 heteroatoms. The van der Waals surface area contributed by atoms with Gasteiger partial charge >= 0.3 is 6.36 Å². The van der Waals surface area contributed by atoms with E-state index in [1.54, 1.807) is 19.1 Å². The lowest BCUT2D eigenvalue weighted by atomic mass is 10.0. The fourth-order valence-electron chi connectivity index (χ4n) is 2.71. The summed E-state index contributed by atoms with van der Waals surface area (Å²) in [5, 5.41) is 12.0. The number of alkyl halides is 3. The molecule has 0 saturated heterocycles. The van der Waals surface area contributed by atoms with Gasteiger partial charge in [-0.05, 0) is 42.3 Å². The molecular formula is C20H15F4N3O4. The van der Waals surface area contributed by atoms with Crippen molar-refractivity contribution in [1.29, 1.82) is 0 Å². The highest BCUT2D eigenvalue weighted by Gasteiger charge is 2.32. The van der Waals surface area contributed by atoms with Crippen LogP contribution in [0.25, 0.3) is 0 Å². The predicted octanol–water partition coefficient (Wildman–Crippen LogP) is 3.35. The Morgan fingerprint density at radius 2 is 1.94 bits per heavy atom. The van der Waals surface area contributed by atoms with E-state index in [1.165, 1.54) is 12.3 Å². The molecule has 3 rings (SSSR count). The van der Waals surface area contributed by atoms with Crippen molar-refractivity contribution in [3.63, 3.8) is 0 Å². The van der Waals surface area contributed by atoms with E-state index < -0.39 is 35.4 Å². The van der Waals surface area contributed by atoms with Crippen LogP contribution >= 0.6 is 0 Å². The molecule has 7 nitrogen and oxygen atoms in total. The van der Waals surface area contributed by atoms with Crippen molar-refractivity contribution in [3.05, 3.63) is 93.4 Å². The molecule has 2 aromatic heterocycles. The Balaban J connectivity index is 1.98. The Morgan fingerprint density at radius 1 is 1.19 bits per heavy atom. The third-order valence-electron chi connectivity index (χ3n) is 4.18. The molecule has 0 bridgehead atoms. The average molecular weight is 437 g/mol. The van der Waals surface area contributed by atoms with Crippen LogP contribution in [0.2, 0.25) is 0 Å². The third kappa shape index (κ3) is 5.38. The number of aromatic nitrogens is 2. The first-order valence-corrected chi connectivity index (χ1v) is 8.74. The Bertz CT molecular complexity index is 1160. The first-order chi connectivity index (χ1) is 14.5. The van der Waals surface area contributed by atoms with Gasteiger partial charge in [-0.1, -0.05) is 12.1 Å². The quantitative estimate of drug-likeness (QED) is 0.472. The van der Waals surface area contributed by atoms with Gasteiger partial charge in [0.05, 0.1) is 23.5 Å². The minimum absolute atomic E-state index is 0.0864. The summed E-state index contributed by atoms with van der Waals surface area (Å²) in [6.07, 6.45) is -2.68. The lowest BCUT2D eigenvalue weighted by molar-refractivity contribution is -0.275. The van der Waals surface area contributed by atoms with Crippen LogP contribution in [-0.4, -0.2) is 27.2 Å². The molecule has 2 N–H and O–H groups in total. The van der Waals surface area contributed by atoms with Gasteiger partial charge in [0.1, 0.15) is 0 Å². The van der Waals surface area contributed by atoms with E-state index in [9.17, 15) is 32.4 Å². The molecule has 31 heavy (non-hydrogen) atoms. The van der Waals surface area contributed by atoms with Gasteiger partial charge in [-0.3, -0.25) is 14.6 Å². The van der Waals surface area contributed by atoms with Crippen LogP contribution in [-0.2, 0) is 0 Å². The van der Waals surface area contributed by atoms with Crippen molar-refractivity contribution in [2.75, 3.05) is 0 Å². The lowest BCUT2D eigenvalue weighted by Crippen LogP contribution is -2.31. The van der Waals surface area contributed by atoms with E-state index in [2.05, 4.69) is 15.0 Å². The van der Waals surface area contributed by atoms with Crippen molar-refractivity contribution in [3.8, 4) is 5.75 Å². The number of pyridine rings is 2. The number of benzene rings is 1. The van der Waals surface area contributed by atoms with Gasteiger partial charge in [-0.2, -0.15) is 4.73 Å². The number of carbonyl (C=O) groups excluding carboxylic acids is 1. The molecule has 0 aliphatic heterocycles. The number of aryl methyl sites for hydroxylation is 1. The highest BCUT2D eigenvalue weighted by atomic mass is 19.4. The largest absolute Gasteiger partial charge is 0.573 e. The Morgan fingerprint density at radius 3 is 2.52 bits per heavy atom. The Hall–Kier alpha value is -3.89. The molecule has 1 unspecified atom stereocenters. The number of hydrogen-bond donors (Lipinski definition) is 2. The maximum atomic E-state index is 14.2. The predicted molar refractivity (Wildman–Crippen MR) is 99.3 cm³/mol. The lowest BCUT2D eigenvalue weighted by Gasteiger charge is -2.20. The summed E-state index contributed by atoms with van der Waals surface area (Å²) in [5.41, 5.74) is 0.336. The van der Waals surface area contributed by atoms with Crippen LogP contribution in [0.1, 0.15) is 33.2 Å². The number of hydrogen-bond acceptors (Lipinski definition) is 5. The summed E-state index contributed by atoms with van der Waals surface area (Å²) in [6.45, 7) is 1.78. The molecule has 1 amide bonds. The first kappa shape index (κ1) is 21.8. The minimum atomic E-state index is -5.07. The van der Waals surface area contributed by atoms with Gasteiger partial charge < -0.3 is 15.3 Å². The number of nitrogens with zero attached hydrogens (tertiary/aromatic N) is 2. The summed E-state index contributed by atoms with van der Waals surface area (Å²) in [6, 6.07) is 7.07. The second-order valence-corrected chi connectivity index (χ2v) is 6.51. The summed E-state index contributed by atoms with van der Waals surface area (Å²) < 4.78 is 55.3. The number of halogens is 4. The number of ether oxygens (including phenoxy) is 1. The van der Waals surface area contributed by atoms with Gasteiger partial charge in [0.15, 0.2) is 11.6 Å². The van der Waals surface area contributed by atoms with Crippen LogP contribution in [0.5, 0.6) is 5.75 Å². The molecule has 0 saturated carbocycles. The maximum Gasteiger partial charge on any atom is 0.573 e. The third-order valence-corrected chi connectivity index (χ3v) is 4.18. The zero-order valence-electron chi connectivity index (χ0n) is 15.9. The van der Waals surface area contributed by atoms with Crippen molar-refractivity contribution in [1.82, 2.24) is 15.0 Å². The Labute approximate surface area is 172 Å². The van der Waals surface area contributed by atoms with Crippen LogP contribution in [0.15, 0.2) is 59.7 Å². The molecular weight excluding hydrogens is 422 g/mol. The summed E-state index contributed by atoms with van der Waals surface area (Å²) >= 11 is 0. The van der Waals surface area contributed by atoms with Gasteiger partial charge in [0.25, 0.3) is 11.5 Å². The number of carbonyl (C=O) groups is 1. The van der Waals surface area contributed by atoms with Crippen molar-refractivity contribution < 1.29 is 32.3 Å². The monoisotopic (exact) mass is 437 g/mol. The van der Waals surface area contributed by atoms with E-state index in [-0.39, 0.29) is 21.6 Å². The Kier molecular flexibility index (Phi) is 5.95. The van der Waals surface area contributed by atoms with Crippen LogP contribution in [0.3, 0.4) is 0 Å². The number of amides is 1. The fraction of sp³-hybridized carbons (Fsp3) is 0.150. The zero-order valence-corrected chi connectivity index (χ0v) is 15.9.